The van der Waals surface area contributed by atoms with Gasteiger partial charge in [-0.25, -0.2) is 9.55 Å². The Morgan fingerprint density at radius 1 is 0.943 bits per heavy atom. The van der Waals surface area contributed by atoms with E-state index in [-0.39, 0.29) is 0 Å². The van der Waals surface area contributed by atoms with E-state index in [1.54, 1.807) is 0 Å². The van der Waals surface area contributed by atoms with Crippen LogP contribution in [0.15, 0.2) is 67.0 Å². The number of imidazole rings is 2. The zero-order valence-corrected chi connectivity index (χ0v) is 21.3. The Kier molecular flexibility index (Phi) is 4.45. The highest BCUT2D eigenvalue weighted by Gasteiger charge is 2.34. The van der Waals surface area contributed by atoms with Crippen molar-refractivity contribution in [3.63, 3.8) is 0 Å². The zero-order chi connectivity index (χ0) is 26.3. The predicted molar refractivity (Wildman–Crippen MR) is 143 cm³/mol. The summed E-state index contributed by atoms with van der Waals surface area (Å²) in [5, 5.41) is 0. The highest BCUT2D eigenvalue weighted by Crippen LogP contribution is 2.41. The second kappa shape index (κ2) is 7.94. The summed E-state index contributed by atoms with van der Waals surface area (Å²) in [7, 11) is 2.13. The Labute approximate surface area is 210 Å². The summed E-state index contributed by atoms with van der Waals surface area (Å²) in [6, 6.07) is 18.9. The van der Waals surface area contributed by atoms with E-state index < -0.39 is 11.8 Å². The standard InChI is InChI=1S/C31H33N4/c1-19(2)22-10-9-11-23(20(3)4)30(22)35-27-13-8-7-12-26(27)33(6)31(35)29-21(5)14-15-25-24(29)18-28-32-16-17-34(25)28/h7-17,19-20H,18H2,1-6H3/q+1/i19D,20D. The van der Waals surface area contributed by atoms with Gasteiger partial charge in [0.1, 0.15) is 11.5 Å². The van der Waals surface area contributed by atoms with Crippen molar-refractivity contribution in [3.8, 4) is 22.8 Å². The summed E-state index contributed by atoms with van der Waals surface area (Å²) in [5.41, 5.74) is 9.73. The van der Waals surface area contributed by atoms with Gasteiger partial charge < -0.3 is 4.57 Å². The van der Waals surface area contributed by atoms with Crippen LogP contribution in [0.25, 0.3) is 33.8 Å². The largest absolute Gasteiger partial charge is 0.303 e. The number of nitrogens with zero attached hydrogens (tertiary/aromatic N) is 4. The van der Waals surface area contributed by atoms with Gasteiger partial charge in [-0.3, -0.25) is 0 Å². The van der Waals surface area contributed by atoms with Gasteiger partial charge in [0, 0.05) is 32.7 Å². The van der Waals surface area contributed by atoms with E-state index in [2.05, 4.69) is 69.1 Å². The molecule has 0 spiro atoms. The summed E-state index contributed by atoms with van der Waals surface area (Å²) in [6.45, 7) is 9.91. The van der Waals surface area contributed by atoms with Crippen molar-refractivity contribution in [3.05, 3.63) is 95.1 Å². The number of benzene rings is 3. The monoisotopic (exact) mass is 463 g/mol. The average Bonchev–Trinajstić information content (AvgIpc) is 3.50. The molecule has 0 aliphatic carbocycles. The number of fused-ring (bicyclic) bond motifs is 4. The van der Waals surface area contributed by atoms with Crippen LogP contribution in [0.5, 0.6) is 0 Å². The van der Waals surface area contributed by atoms with Crippen LogP contribution < -0.4 is 4.57 Å². The molecule has 4 heteroatoms. The highest BCUT2D eigenvalue weighted by atomic mass is 15.2. The van der Waals surface area contributed by atoms with Crippen LogP contribution in [0.4, 0.5) is 0 Å². The molecule has 4 nitrogen and oxygen atoms in total. The summed E-state index contributed by atoms with van der Waals surface area (Å²) in [6.07, 6.45) is 4.67. The quantitative estimate of drug-likeness (QED) is 0.265. The summed E-state index contributed by atoms with van der Waals surface area (Å²) >= 11 is 0. The number of aryl methyl sites for hydroxylation is 2. The Morgan fingerprint density at radius 3 is 2.37 bits per heavy atom. The minimum atomic E-state index is -0.853. The Bertz CT molecular complexity index is 1660. The van der Waals surface area contributed by atoms with Gasteiger partial charge in [0.05, 0.1) is 18.3 Å². The smallest absolute Gasteiger partial charge is 0.295 e. The number of rotatable bonds is 4. The van der Waals surface area contributed by atoms with E-state index >= 15 is 0 Å². The second-order valence-corrected chi connectivity index (χ2v) is 10.1. The lowest BCUT2D eigenvalue weighted by Crippen LogP contribution is -2.31. The minimum Gasteiger partial charge on any atom is -0.303 e. The fourth-order valence-electron chi connectivity index (χ4n) is 5.72. The van der Waals surface area contributed by atoms with Crippen molar-refractivity contribution in [2.24, 2.45) is 7.05 Å². The van der Waals surface area contributed by atoms with Gasteiger partial charge in [0.25, 0.3) is 5.82 Å². The molecule has 0 saturated heterocycles. The van der Waals surface area contributed by atoms with E-state index in [4.69, 9.17) is 2.74 Å². The van der Waals surface area contributed by atoms with Crippen LogP contribution in [0.1, 0.15) is 70.3 Å². The molecule has 0 atom stereocenters. The van der Waals surface area contributed by atoms with Crippen molar-refractivity contribution >= 4 is 11.0 Å². The normalized spacial score (nSPS) is 14.1. The first-order valence-corrected chi connectivity index (χ1v) is 12.3. The topological polar surface area (TPSA) is 26.6 Å². The molecule has 6 rings (SSSR count). The van der Waals surface area contributed by atoms with Gasteiger partial charge in [-0.1, -0.05) is 64.1 Å². The van der Waals surface area contributed by atoms with Crippen molar-refractivity contribution < 1.29 is 7.31 Å². The molecule has 0 radical (unpaired) electrons. The summed E-state index contributed by atoms with van der Waals surface area (Å²) in [5.74, 6) is 0.401. The third-order valence-electron chi connectivity index (χ3n) is 7.38. The van der Waals surface area contributed by atoms with Gasteiger partial charge in [-0.2, -0.15) is 4.57 Å². The Balaban J connectivity index is 1.80. The number of hydrogen-bond donors (Lipinski definition) is 0. The first-order valence-electron chi connectivity index (χ1n) is 13.3. The van der Waals surface area contributed by atoms with Crippen LogP contribution in [0, 0.1) is 6.92 Å². The molecule has 5 aromatic rings. The first-order chi connectivity index (χ1) is 17.5. The van der Waals surface area contributed by atoms with Crippen molar-refractivity contribution in [2.45, 2.75) is 52.8 Å². The molecule has 1 aliphatic rings. The third kappa shape index (κ3) is 3.12. The number of hydrogen-bond acceptors (Lipinski definition) is 1. The van der Waals surface area contributed by atoms with Crippen LogP contribution >= 0.6 is 0 Å². The summed E-state index contributed by atoms with van der Waals surface area (Å²) < 4.78 is 25.0. The van der Waals surface area contributed by atoms with E-state index in [0.29, 0.717) is 0 Å². The minimum absolute atomic E-state index is 0.767. The molecule has 0 bridgehead atoms. The average molecular weight is 464 g/mol. The molecular formula is C31H33N4+. The lowest BCUT2D eigenvalue weighted by molar-refractivity contribution is -0.633. The van der Waals surface area contributed by atoms with Gasteiger partial charge in [-0.05, 0) is 48.0 Å². The van der Waals surface area contributed by atoms with Gasteiger partial charge in [0.2, 0.25) is 0 Å². The lowest BCUT2D eigenvalue weighted by Gasteiger charge is -2.19. The summed E-state index contributed by atoms with van der Waals surface area (Å²) in [4.78, 5) is 4.61. The maximum absolute atomic E-state index is 9.09. The van der Waals surface area contributed by atoms with Crippen molar-refractivity contribution in [1.29, 1.82) is 0 Å². The van der Waals surface area contributed by atoms with Crippen LogP contribution in [0.2, 0.25) is 0 Å². The SMILES string of the molecule is [2H]C(C)(C)c1cccc(C([2H])(C)C)c1-n1c(-c2c(C)ccc3c2Cc2nccn2-3)[n+](C)c2ccccc21. The van der Waals surface area contributed by atoms with E-state index in [1.165, 1.54) is 22.4 Å². The molecule has 0 N–H and O–H groups in total. The molecule has 1 aliphatic heterocycles. The van der Waals surface area contributed by atoms with E-state index in [9.17, 15) is 0 Å². The van der Waals surface area contributed by atoms with Crippen molar-refractivity contribution in [2.75, 3.05) is 0 Å². The molecule has 2 aromatic heterocycles. The fraction of sp³-hybridized carbons (Fsp3) is 0.290. The van der Waals surface area contributed by atoms with Gasteiger partial charge in [-0.15, -0.1) is 0 Å². The second-order valence-electron chi connectivity index (χ2n) is 10.1. The third-order valence-corrected chi connectivity index (χ3v) is 7.38. The Hall–Kier alpha value is -3.66. The van der Waals surface area contributed by atoms with E-state index in [1.807, 2.05) is 58.3 Å². The van der Waals surface area contributed by atoms with Gasteiger partial charge >= 0.3 is 0 Å². The van der Waals surface area contributed by atoms with E-state index in [0.717, 1.165) is 45.9 Å². The highest BCUT2D eigenvalue weighted by molar-refractivity contribution is 5.83. The molecule has 176 valence electrons. The molecule has 3 heterocycles. The number of para-hydroxylation sites is 3. The van der Waals surface area contributed by atoms with Crippen LogP contribution in [-0.4, -0.2) is 14.1 Å². The maximum Gasteiger partial charge on any atom is 0.295 e. The Morgan fingerprint density at radius 2 is 1.66 bits per heavy atom. The predicted octanol–water partition coefficient (Wildman–Crippen LogP) is 6.77. The molecule has 0 saturated carbocycles. The fourth-order valence-corrected chi connectivity index (χ4v) is 5.72. The molecule has 35 heavy (non-hydrogen) atoms. The van der Waals surface area contributed by atoms with Gasteiger partial charge in [0.15, 0.2) is 11.0 Å². The molecule has 3 aromatic carbocycles. The first kappa shape index (κ1) is 19.6. The molecular weight excluding hydrogens is 428 g/mol. The molecule has 0 unspecified atom stereocenters. The van der Waals surface area contributed by atoms with Crippen LogP contribution in [0.3, 0.4) is 0 Å². The lowest BCUT2D eigenvalue weighted by atomic mass is 9.91. The molecule has 0 fully saturated rings. The zero-order valence-electron chi connectivity index (χ0n) is 23.3. The molecule has 0 amide bonds. The van der Waals surface area contributed by atoms with Crippen LogP contribution in [-0.2, 0) is 13.5 Å². The number of aromatic nitrogens is 4. The maximum atomic E-state index is 9.09. The van der Waals surface area contributed by atoms with Crippen molar-refractivity contribution in [1.82, 2.24) is 14.1 Å².